The molecule has 1 unspecified atom stereocenters. The van der Waals surface area contributed by atoms with Gasteiger partial charge in [-0.25, -0.2) is 0 Å². The number of carbonyl (C=O) groups excluding carboxylic acids is 1. The lowest BCUT2D eigenvalue weighted by Gasteiger charge is -2.21. The van der Waals surface area contributed by atoms with Gasteiger partial charge in [0.2, 0.25) is 0 Å². The monoisotopic (exact) mass is 200 g/mol. The third-order valence-corrected chi connectivity index (χ3v) is 2.98. The molecule has 0 radical (unpaired) electrons. The van der Waals surface area contributed by atoms with Gasteiger partial charge < -0.3 is 10.2 Å². The minimum Gasteiger partial charge on any atom is -0.382 e. The van der Waals surface area contributed by atoms with E-state index in [2.05, 4.69) is 17.5 Å². The first-order valence-corrected chi connectivity index (χ1v) is 5.17. The molecular weight excluding hydrogens is 188 g/mol. The van der Waals surface area contributed by atoms with Crippen molar-refractivity contribution in [1.29, 1.82) is 0 Å². The van der Waals surface area contributed by atoms with Crippen LogP contribution >= 0.6 is 0 Å². The van der Waals surface area contributed by atoms with Crippen LogP contribution in [0.2, 0.25) is 0 Å². The van der Waals surface area contributed by atoms with Gasteiger partial charge in [-0.05, 0) is 12.1 Å². The lowest BCUT2D eigenvalue weighted by atomic mass is 10.1. The number of anilines is 1. The lowest BCUT2D eigenvalue weighted by Crippen LogP contribution is -2.37. The number of hydrogen-bond donors (Lipinski definition) is 1. The van der Waals surface area contributed by atoms with Gasteiger partial charge in [-0.2, -0.15) is 0 Å². The van der Waals surface area contributed by atoms with E-state index in [1.807, 2.05) is 29.2 Å². The zero-order chi connectivity index (χ0) is 10.3. The summed E-state index contributed by atoms with van der Waals surface area (Å²) in [6, 6.07) is 7.91. The van der Waals surface area contributed by atoms with Gasteiger partial charge in [0.05, 0.1) is 11.6 Å². The summed E-state index contributed by atoms with van der Waals surface area (Å²) in [6.45, 7) is 1.54. The molecule has 0 saturated heterocycles. The van der Waals surface area contributed by atoms with Crippen molar-refractivity contribution in [3.8, 4) is 0 Å². The van der Waals surface area contributed by atoms with Gasteiger partial charge in [0.1, 0.15) is 0 Å². The van der Waals surface area contributed by atoms with E-state index in [0.29, 0.717) is 0 Å². The van der Waals surface area contributed by atoms with Crippen molar-refractivity contribution in [2.24, 2.45) is 0 Å². The van der Waals surface area contributed by atoms with E-state index >= 15 is 0 Å². The summed E-state index contributed by atoms with van der Waals surface area (Å²) < 4.78 is 0. The molecule has 2 aliphatic heterocycles. The van der Waals surface area contributed by atoms with E-state index < -0.39 is 0 Å². The van der Waals surface area contributed by atoms with Crippen molar-refractivity contribution in [2.45, 2.75) is 6.04 Å². The van der Waals surface area contributed by atoms with Crippen LogP contribution in [0.1, 0.15) is 10.4 Å². The van der Waals surface area contributed by atoms with Gasteiger partial charge in [-0.15, -0.1) is 0 Å². The standard InChI is InChI=1S/C12H12N2O/c15-12-10-5-1-2-6-11(10)13-8-9-4-3-7-14(9)12/h1-6,9,13H,7-8H2. The summed E-state index contributed by atoms with van der Waals surface area (Å²) in [5.74, 6) is 0.130. The van der Waals surface area contributed by atoms with Crippen molar-refractivity contribution >= 4 is 11.6 Å². The molecule has 1 atom stereocenters. The molecule has 1 amide bonds. The number of hydrogen-bond acceptors (Lipinski definition) is 2. The number of carbonyl (C=O) groups is 1. The second-order valence-corrected chi connectivity index (χ2v) is 3.88. The fourth-order valence-corrected chi connectivity index (χ4v) is 2.18. The third-order valence-electron chi connectivity index (χ3n) is 2.98. The van der Waals surface area contributed by atoms with Crippen LogP contribution in [0.4, 0.5) is 5.69 Å². The van der Waals surface area contributed by atoms with Crippen LogP contribution in [-0.2, 0) is 0 Å². The van der Waals surface area contributed by atoms with Crippen LogP contribution in [0.25, 0.3) is 0 Å². The summed E-state index contributed by atoms with van der Waals surface area (Å²) >= 11 is 0. The molecule has 0 fully saturated rings. The van der Waals surface area contributed by atoms with Crippen molar-refractivity contribution in [2.75, 3.05) is 18.4 Å². The Labute approximate surface area is 88.4 Å². The Balaban J connectivity index is 2.06. The van der Waals surface area contributed by atoms with Crippen molar-refractivity contribution < 1.29 is 4.79 Å². The van der Waals surface area contributed by atoms with Gasteiger partial charge in [-0.1, -0.05) is 24.3 Å². The average Bonchev–Trinajstić information content (AvgIpc) is 2.69. The summed E-state index contributed by atoms with van der Waals surface area (Å²) in [7, 11) is 0. The van der Waals surface area contributed by atoms with E-state index in [-0.39, 0.29) is 11.9 Å². The largest absolute Gasteiger partial charge is 0.382 e. The quantitative estimate of drug-likeness (QED) is 0.643. The summed E-state index contributed by atoms with van der Waals surface area (Å²) in [6.07, 6.45) is 4.15. The van der Waals surface area contributed by atoms with E-state index in [1.54, 1.807) is 0 Å². The number of nitrogens with one attached hydrogen (secondary N) is 1. The highest BCUT2D eigenvalue weighted by Gasteiger charge is 2.29. The summed E-state index contributed by atoms with van der Waals surface area (Å²) in [4.78, 5) is 14.1. The molecule has 1 N–H and O–H groups in total. The molecule has 3 nitrogen and oxygen atoms in total. The van der Waals surface area contributed by atoms with E-state index in [9.17, 15) is 4.79 Å². The topological polar surface area (TPSA) is 32.3 Å². The summed E-state index contributed by atoms with van der Waals surface area (Å²) in [5, 5.41) is 3.31. The fraction of sp³-hybridized carbons (Fsp3) is 0.250. The molecule has 2 heterocycles. The predicted molar refractivity (Wildman–Crippen MR) is 58.9 cm³/mol. The second-order valence-electron chi connectivity index (χ2n) is 3.88. The SMILES string of the molecule is O=C1c2ccccc2NCC2C=CCN12. The molecule has 76 valence electrons. The fourth-order valence-electron chi connectivity index (χ4n) is 2.18. The lowest BCUT2D eigenvalue weighted by molar-refractivity contribution is 0.0762. The van der Waals surface area contributed by atoms with Crippen LogP contribution in [0, 0.1) is 0 Å². The molecule has 0 spiro atoms. The molecule has 1 aromatic rings. The molecule has 0 aromatic heterocycles. The Morgan fingerprint density at radius 1 is 1.33 bits per heavy atom. The van der Waals surface area contributed by atoms with E-state index in [0.717, 1.165) is 24.3 Å². The van der Waals surface area contributed by atoms with Gasteiger partial charge in [-0.3, -0.25) is 4.79 Å². The van der Waals surface area contributed by atoms with Crippen LogP contribution in [0.5, 0.6) is 0 Å². The maximum absolute atomic E-state index is 12.2. The molecular formula is C12H12N2O. The van der Waals surface area contributed by atoms with Gasteiger partial charge in [0.25, 0.3) is 5.91 Å². The van der Waals surface area contributed by atoms with Crippen LogP contribution in [-0.4, -0.2) is 29.9 Å². The van der Waals surface area contributed by atoms with Crippen LogP contribution < -0.4 is 5.32 Å². The van der Waals surface area contributed by atoms with E-state index in [4.69, 9.17) is 0 Å². The van der Waals surface area contributed by atoms with Crippen molar-refractivity contribution in [3.05, 3.63) is 42.0 Å². The molecule has 1 aromatic carbocycles. The van der Waals surface area contributed by atoms with Crippen molar-refractivity contribution in [3.63, 3.8) is 0 Å². The Kier molecular flexibility index (Phi) is 1.78. The number of rotatable bonds is 0. The number of amides is 1. The molecule has 2 aliphatic rings. The van der Waals surface area contributed by atoms with Gasteiger partial charge >= 0.3 is 0 Å². The van der Waals surface area contributed by atoms with Gasteiger partial charge in [0.15, 0.2) is 0 Å². The summed E-state index contributed by atoms with van der Waals surface area (Å²) in [5.41, 5.74) is 1.73. The normalized spacial score (nSPS) is 23.1. The highest BCUT2D eigenvalue weighted by atomic mass is 16.2. The Morgan fingerprint density at radius 2 is 2.20 bits per heavy atom. The van der Waals surface area contributed by atoms with Crippen molar-refractivity contribution in [1.82, 2.24) is 4.90 Å². The zero-order valence-electron chi connectivity index (χ0n) is 8.31. The van der Waals surface area contributed by atoms with Crippen LogP contribution in [0.3, 0.4) is 0 Å². The second kappa shape index (κ2) is 3.12. The molecule has 0 saturated carbocycles. The first-order chi connectivity index (χ1) is 7.36. The third kappa shape index (κ3) is 1.23. The molecule has 3 rings (SSSR count). The average molecular weight is 200 g/mol. The molecule has 0 bridgehead atoms. The minimum absolute atomic E-state index is 0.130. The smallest absolute Gasteiger partial charge is 0.256 e. The van der Waals surface area contributed by atoms with E-state index in [1.165, 1.54) is 0 Å². The van der Waals surface area contributed by atoms with Crippen LogP contribution in [0.15, 0.2) is 36.4 Å². The molecule has 0 aliphatic carbocycles. The Hall–Kier alpha value is -1.77. The number of nitrogens with zero attached hydrogens (tertiary/aromatic N) is 1. The number of para-hydroxylation sites is 1. The number of benzene rings is 1. The Bertz CT molecular complexity index is 439. The van der Waals surface area contributed by atoms with Gasteiger partial charge in [0, 0.05) is 18.8 Å². The number of fused-ring (bicyclic) bond motifs is 2. The molecule has 15 heavy (non-hydrogen) atoms. The highest BCUT2D eigenvalue weighted by molar-refractivity contribution is 6.00. The zero-order valence-corrected chi connectivity index (χ0v) is 8.31. The minimum atomic E-state index is 0.130. The Morgan fingerprint density at radius 3 is 3.13 bits per heavy atom. The maximum atomic E-state index is 12.2. The highest BCUT2D eigenvalue weighted by Crippen LogP contribution is 2.24. The first kappa shape index (κ1) is 8.53. The molecule has 3 heteroatoms. The predicted octanol–water partition coefficient (Wildman–Crippen LogP) is 1.49. The maximum Gasteiger partial charge on any atom is 0.256 e. The first-order valence-electron chi connectivity index (χ1n) is 5.17.